The van der Waals surface area contributed by atoms with Crippen molar-refractivity contribution >= 4 is 15.5 Å². The molecule has 1 aliphatic heterocycles. The molecule has 0 aliphatic carbocycles. The average molecular weight is 261 g/mol. The smallest absolute Gasteiger partial charge is 0.152 e. The Morgan fingerprint density at radius 2 is 2.06 bits per heavy atom. The molecule has 1 heterocycles. The zero-order valence-electron chi connectivity index (χ0n) is 9.33. The summed E-state index contributed by atoms with van der Waals surface area (Å²) in [5, 5.41) is 2.64. The Morgan fingerprint density at radius 1 is 1.35 bits per heavy atom. The van der Waals surface area contributed by atoms with E-state index in [2.05, 4.69) is 5.32 Å². The van der Waals surface area contributed by atoms with Gasteiger partial charge in [0.05, 0.1) is 11.5 Å². The van der Waals surface area contributed by atoms with E-state index in [0.29, 0.717) is 12.0 Å². The summed E-state index contributed by atoms with van der Waals surface area (Å²) in [6, 6.07) is 2.11. The minimum Gasteiger partial charge on any atom is -0.376 e. The van der Waals surface area contributed by atoms with E-state index in [4.69, 9.17) is 0 Å². The van der Waals surface area contributed by atoms with Crippen molar-refractivity contribution in [2.24, 2.45) is 0 Å². The Bertz CT molecular complexity index is 543. The number of rotatable bonds is 2. The van der Waals surface area contributed by atoms with Gasteiger partial charge in [-0.1, -0.05) is 6.07 Å². The zero-order chi connectivity index (χ0) is 12.6. The molecule has 1 aliphatic rings. The van der Waals surface area contributed by atoms with Gasteiger partial charge in [0.25, 0.3) is 0 Å². The highest BCUT2D eigenvalue weighted by molar-refractivity contribution is 7.91. The molecule has 0 saturated carbocycles. The third-order valence-electron chi connectivity index (χ3n) is 2.87. The van der Waals surface area contributed by atoms with Gasteiger partial charge in [0, 0.05) is 6.04 Å². The van der Waals surface area contributed by atoms with Crippen LogP contribution >= 0.6 is 0 Å². The minimum atomic E-state index is -3.06. The Labute approximate surface area is 98.8 Å². The van der Waals surface area contributed by atoms with E-state index >= 15 is 0 Å². The second-order valence-corrected chi connectivity index (χ2v) is 6.53. The lowest BCUT2D eigenvalue weighted by molar-refractivity contribution is 0.577. The number of sulfone groups is 1. The first kappa shape index (κ1) is 12.3. The molecule has 1 aromatic carbocycles. The number of halogens is 2. The van der Waals surface area contributed by atoms with Crippen LogP contribution in [0.25, 0.3) is 0 Å². The highest BCUT2D eigenvalue weighted by atomic mass is 32.2. The van der Waals surface area contributed by atoms with Crippen molar-refractivity contribution in [2.45, 2.75) is 19.4 Å². The summed E-state index contributed by atoms with van der Waals surface area (Å²) in [7, 11) is -3.06. The molecule has 1 saturated heterocycles. The van der Waals surface area contributed by atoms with Crippen LogP contribution < -0.4 is 5.32 Å². The third-order valence-corrected chi connectivity index (χ3v) is 4.63. The predicted molar refractivity (Wildman–Crippen MR) is 61.8 cm³/mol. The molecule has 1 unspecified atom stereocenters. The second-order valence-electron chi connectivity index (χ2n) is 4.30. The number of anilines is 1. The molecule has 1 atom stereocenters. The monoisotopic (exact) mass is 261 g/mol. The molecule has 3 nitrogen and oxygen atoms in total. The maximum absolute atomic E-state index is 13.7. The van der Waals surface area contributed by atoms with Crippen molar-refractivity contribution in [3.8, 4) is 0 Å². The Morgan fingerprint density at radius 3 is 2.65 bits per heavy atom. The Balaban J connectivity index is 2.23. The van der Waals surface area contributed by atoms with E-state index in [1.807, 2.05) is 0 Å². The zero-order valence-corrected chi connectivity index (χ0v) is 10.2. The molecule has 6 heteroatoms. The van der Waals surface area contributed by atoms with Crippen LogP contribution in [0.2, 0.25) is 0 Å². The maximum atomic E-state index is 13.7. The van der Waals surface area contributed by atoms with Crippen molar-refractivity contribution in [1.29, 1.82) is 0 Å². The van der Waals surface area contributed by atoms with Crippen LogP contribution in [0.4, 0.5) is 14.5 Å². The summed E-state index contributed by atoms with van der Waals surface area (Å²) in [4.78, 5) is 0. The summed E-state index contributed by atoms with van der Waals surface area (Å²) in [6.07, 6.45) is 0.384. The van der Waals surface area contributed by atoms with Crippen molar-refractivity contribution in [3.05, 3.63) is 29.3 Å². The summed E-state index contributed by atoms with van der Waals surface area (Å²) in [5.74, 6) is -1.36. The third kappa shape index (κ3) is 2.57. The molecule has 0 aromatic heterocycles. The van der Waals surface area contributed by atoms with E-state index in [0.717, 1.165) is 0 Å². The first-order valence-electron chi connectivity index (χ1n) is 5.30. The maximum Gasteiger partial charge on any atom is 0.152 e. The van der Waals surface area contributed by atoms with Gasteiger partial charge < -0.3 is 5.32 Å². The lowest BCUT2D eigenvalue weighted by atomic mass is 10.1. The first-order valence-corrected chi connectivity index (χ1v) is 7.13. The average Bonchev–Trinajstić information content (AvgIpc) is 2.59. The van der Waals surface area contributed by atoms with E-state index < -0.39 is 27.5 Å². The molecule has 17 heavy (non-hydrogen) atoms. The first-order chi connectivity index (χ1) is 7.89. The van der Waals surface area contributed by atoms with Crippen LogP contribution in [0, 0.1) is 18.6 Å². The van der Waals surface area contributed by atoms with Crippen LogP contribution in [-0.4, -0.2) is 26.0 Å². The number of hydrogen-bond donors (Lipinski definition) is 1. The molecule has 2 rings (SSSR count). The fourth-order valence-electron chi connectivity index (χ4n) is 1.90. The number of benzene rings is 1. The molecule has 1 fully saturated rings. The molecular formula is C11H13F2NO2S. The van der Waals surface area contributed by atoms with Gasteiger partial charge in [0.2, 0.25) is 0 Å². The molecule has 0 radical (unpaired) electrons. The van der Waals surface area contributed by atoms with E-state index in [1.165, 1.54) is 19.1 Å². The molecule has 1 N–H and O–H groups in total. The number of hydrogen-bond acceptors (Lipinski definition) is 3. The molecule has 1 aromatic rings. The van der Waals surface area contributed by atoms with Crippen molar-refractivity contribution < 1.29 is 17.2 Å². The summed E-state index contributed by atoms with van der Waals surface area (Å²) in [5.41, 5.74) is 0.0989. The number of aryl methyl sites for hydroxylation is 1. The summed E-state index contributed by atoms with van der Waals surface area (Å²) >= 11 is 0. The molecular weight excluding hydrogens is 248 g/mol. The van der Waals surface area contributed by atoms with Gasteiger partial charge in [-0.3, -0.25) is 0 Å². The summed E-state index contributed by atoms with van der Waals surface area (Å²) in [6.45, 7) is 1.53. The Kier molecular flexibility index (Phi) is 3.07. The standard InChI is InChI=1S/C11H13F2NO2S/c1-7-2-3-9(12)11(10(7)13)14-8-4-5-17(15,16)6-8/h2-3,8,14H,4-6H2,1H3. The number of nitrogens with one attached hydrogen (secondary N) is 1. The van der Waals surface area contributed by atoms with Crippen LogP contribution in [0.3, 0.4) is 0 Å². The fourth-order valence-corrected chi connectivity index (χ4v) is 3.58. The van der Waals surface area contributed by atoms with Gasteiger partial charge in [-0.25, -0.2) is 17.2 Å². The van der Waals surface area contributed by atoms with Crippen LogP contribution in [0.15, 0.2) is 12.1 Å². The quantitative estimate of drug-likeness (QED) is 0.884. The fraction of sp³-hybridized carbons (Fsp3) is 0.455. The van der Waals surface area contributed by atoms with E-state index in [1.54, 1.807) is 0 Å². The van der Waals surface area contributed by atoms with E-state index in [9.17, 15) is 17.2 Å². The van der Waals surface area contributed by atoms with Crippen molar-refractivity contribution in [2.75, 3.05) is 16.8 Å². The normalized spacial score (nSPS) is 22.6. The highest BCUT2D eigenvalue weighted by Crippen LogP contribution is 2.25. The van der Waals surface area contributed by atoms with E-state index in [-0.39, 0.29) is 17.2 Å². The van der Waals surface area contributed by atoms with Gasteiger partial charge in [-0.15, -0.1) is 0 Å². The van der Waals surface area contributed by atoms with Crippen molar-refractivity contribution in [3.63, 3.8) is 0 Å². The second kappa shape index (κ2) is 4.25. The minimum absolute atomic E-state index is 0.0692. The van der Waals surface area contributed by atoms with Crippen LogP contribution in [0.5, 0.6) is 0 Å². The molecule has 0 spiro atoms. The van der Waals surface area contributed by atoms with Gasteiger partial charge in [0.1, 0.15) is 11.5 Å². The SMILES string of the molecule is Cc1ccc(F)c(NC2CCS(=O)(=O)C2)c1F. The van der Waals surface area contributed by atoms with Gasteiger partial charge >= 0.3 is 0 Å². The topological polar surface area (TPSA) is 46.2 Å². The summed E-state index contributed by atoms with van der Waals surface area (Å²) < 4.78 is 49.6. The predicted octanol–water partition coefficient (Wildman–Crippen LogP) is 1.87. The van der Waals surface area contributed by atoms with Gasteiger partial charge in [-0.05, 0) is 25.0 Å². The van der Waals surface area contributed by atoms with Crippen LogP contribution in [0.1, 0.15) is 12.0 Å². The highest BCUT2D eigenvalue weighted by Gasteiger charge is 2.29. The van der Waals surface area contributed by atoms with Gasteiger partial charge in [0.15, 0.2) is 15.7 Å². The van der Waals surface area contributed by atoms with Gasteiger partial charge in [-0.2, -0.15) is 0 Å². The molecule has 94 valence electrons. The lowest BCUT2D eigenvalue weighted by Crippen LogP contribution is -2.22. The van der Waals surface area contributed by atoms with Crippen molar-refractivity contribution in [1.82, 2.24) is 0 Å². The molecule has 0 bridgehead atoms. The Hall–Kier alpha value is -1.17. The van der Waals surface area contributed by atoms with Crippen LogP contribution in [-0.2, 0) is 9.84 Å². The lowest BCUT2D eigenvalue weighted by Gasteiger charge is -2.14. The largest absolute Gasteiger partial charge is 0.376 e. The molecule has 0 amide bonds.